The zero-order valence-corrected chi connectivity index (χ0v) is 21.6. The van der Waals surface area contributed by atoms with E-state index in [1.807, 2.05) is 60.7 Å². The molecule has 0 spiro atoms. The summed E-state index contributed by atoms with van der Waals surface area (Å²) in [5.74, 6) is 1.35. The van der Waals surface area contributed by atoms with Gasteiger partial charge in [-0.05, 0) is 67.4 Å². The minimum atomic E-state index is 0.126. The second kappa shape index (κ2) is 11.8. The molecule has 2 aromatic carbocycles. The van der Waals surface area contributed by atoms with E-state index in [9.17, 15) is 4.79 Å². The van der Waals surface area contributed by atoms with Gasteiger partial charge in [0, 0.05) is 17.3 Å². The predicted octanol–water partition coefficient (Wildman–Crippen LogP) is 8.56. The van der Waals surface area contributed by atoms with Gasteiger partial charge in [0.1, 0.15) is 0 Å². The number of para-hydroxylation sites is 2. The Balaban J connectivity index is 0.000000235. The number of allylic oxidation sites excluding steroid dienone is 5. The van der Waals surface area contributed by atoms with Crippen LogP contribution in [0, 0.1) is 17.3 Å². The molecule has 0 aliphatic heterocycles. The highest BCUT2D eigenvalue weighted by molar-refractivity contribution is 5.93. The van der Waals surface area contributed by atoms with Crippen molar-refractivity contribution in [3.8, 4) is 0 Å². The third kappa shape index (κ3) is 6.57. The fourth-order valence-corrected chi connectivity index (χ4v) is 4.47. The molecule has 0 saturated heterocycles. The van der Waals surface area contributed by atoms with Crippen molar-refractivity contribution in [3.63, 3.8) is 0 Å². The van der Waals surface area contributed by atoms with E-state index in [0.717, 1.165) is 34.3 Å². The van der Waals surface area contributed by atoms with E-state index in [2.05, 4.69) is 71.8 Å². The number of aromatic nitrogens is 1. The summed E-state index contributed by atoms with van der Waals surface area (Å²) in [6.07, 6.45) is 9.56. The van der Waals surface area contributed by atoms with Gasteiger partial charge in [-0.1, -0.05) is 89.8 Å². The largest absolute Gasteiger partial charge is 0.341 e. The van der Waals surface area contributed by atoms with Gasteiger partial charge in [0.15, 0.2) is 5.43 Å². The first kappa shape index (κ1) is 26.4. The smallest absolute Gasteiger partial charge is 0.197 e. The van der Waals surface area contributed by atoms with Crippen molar-refractivity contribution in [1.29, 1.82) is 0 Å². The second-order valence-corrected chi connectivity index (χ2v) is 10.0. The Kier molecular flexibility index (Phi) is 9.46. The van der Waals surface area contributed by atoms with Crippen molar-refractivity contribution < 1.29 is 0 Å². The molecule has 3 rings (SSSR count). The molecule has 0 fully saturated rings. The minimum absolute atomic E-state index is 0.126. The highest BCUT2D eigenvalue weighted by atomic mass is 16.1. The van der Waals surface area contributed by atoms with Crippen LogP contribution in [0.4, 0.5) is 0 Å². The molecule has 33 heavy (non-hydrogen) atoms. The lowest BCUT2D eigenvalue weighted by Crippen LogP contribution is -2.23. The van der Waals surface area contributed by atoms with E-state index in [-0.39, 0.29) is 5.43 Å². The average molecular weight is 444 g/mol. The standard InChI is InChI=1S/C16H28.C15H13NO/c1-8-10-11-14(9-2)15(12-13(3)4)16(5,6)7;1-2-16-13-9-5-3-7-11(13)15(17)12-8-4-6-10-14(12)16/h8-11,13,15H,1,12H2,2-7H3;3-10H,2H2,1H3/b11-10-,14-9+;. The fraction of sp³-hybridized carbons (Fsp3) is 0.387. The third-order valence-electron chi connectivity index (χ3n) is 6.11. The number of aryl methyl sites for hydroxylation is 1. The molecule has 0 saturated carbocycles. The van der Waals surface area contributed by atoms with Crippen LogP contribution in [0.2, 0.25) is 0 Å². The van der Waals surface area contributed by atoms with Crippen LogP contribution >= 0.6 is 0 Å². The van der Waals surface area contributed by atoms with Gasteiger partial charge in [-0.2, -0.15) is 0 Å². The monoisotopic (exact) mass is 443 g/mol. The zero-order chi connectivity index (χ0) is 24.6. The lowest BCUT2D eigenvalue weighted by atomic mass is 9.72. The fourth-order valence-electron chi connectivity index (χ4n) is 4.47. The Hall–Kier alpha value is -2.87. The molecule has 1 heterocycles. The normalized spacial score (nSPS) is 13.4. The molecule has 0 radical (unpaired) electrons. The summed E-state index contributed by atoms with van der Waals surface area (Å²) in [6, 6.07) is 15.6. The number of hydrogen-bond acceptors (Lipinski definition) is 1. The molecule has 2 heteroatoms. The van der Waals surface area contributed by atoms with Crippen LogP contribution < -0.4 is 5.43 Å². The first-order valence-electron chi connectivity index (χ1n) is 12.1. The molecule has 0 aliphatic carbocycles. The highest BCUT2D eigenvalue weighted by Gasteiger charge is 2.27. The summed E-state index contributed by atoms with van der Waals surface area (Å²) < 4.78 is 2.19. The SMILES string of the molecule is C=C/C=C\C(=C/C)C(CC(C)C)C(C)(C)C.CCn1c2ccccc2c(=O)c2ccccc21. The van der Waals surface area contributed by atoms with E-state index < -0.39 is 0 Å². The molecular formula is C31H41NO. The van der Waals surface area contributed by atoms with Crippen LogP contribution in [0.5, 0.6) is 0 Å². The van der Waals surface area contributed by atoms with Gasteiger partial charge in [0.2, 0.25) is 0 Å². The quantitative estimate of drug-likeness (QED) is 0.276. The summed E-state index contributed by atoms with van der Waals surface area (Å²) in [6.45, 7) is 20.4. The van der Waals surface area contributed by atoms with Gasteiger partial charge >= 0.3 is 0 Å². The molecule has 3 aromatic rings. The van der Waals surface area contributed by atoms with E-state index in [1.54, 1.807) is 0 Å². The average Bonchev–Trinajstić information content (AvgIpc) is 2.79. The molecule has 0 N–H and O–H groups in total. The first-order chi connectivity index (χ1) is 15.6. The van der Waals surface area contributed by atoms with E-state index in [0.29, 0.717) is 11.3 Å². The van der Waals surface area contributed by atoms with Crippen LogP contribution in [0.15, 0.2) is 89.8 Å². The van der Waals surface area contributed by atoms with Gasteiger partial charge in [0.05, 0.1) is 11.0 Å². The van der Waals surface area contributed by atoms with Crippen LogP contribution in [-0.2, 0) is 6.54 Å². The number of fused-ring (bicyclic) bond motifs is 2. The predicted molar refractivity (Wildman–Crippen MR) is 147 cm³/mol. The summed E-state index contributed by atoms with van der Waals surface area (Å²) in [5.41, 5.74) is 3.90. The Labute approximate surface area is 200 Å². The van der Waals surface area contributed by atoms with Crippen molar-refractivity contribution >= 4 is 21.8 Å². The molecule has 2 nitrogen and oxygen atoms in total. The number of rotatable bonds is 6. The van der Waals surface area contributed by atoms with Crippen LogP contribution in [-0.4, -0.2) is 4.57 Å². The summed E-state index contributed by atoms with van der Waals surface area (Å²) in [5, 5.41) is 1.60. The maximum absolute atomic E-state index is 12.3. The number of nitrogens with zero attached hydrogens (tertiary/aromatic N) is 1. The topological polar surface area (TPSA) is 22.0 Å². The van der Waals surface area contributed by atoms with Crippen molar-refractivity contribution in [2.24, 2.45) is 17.3 Å². The second-order valence-electron chi connectivity index (χ2n) is 10.0. The molecule has 1 atom stereocenters. The molecule has 0 aliphatic rings. The molecule has 1 unspecified atom stereocenters. The summed E-state index contributed by atoms with van der Waals surface area (Å²) in [7, 11) is 0. The number of pyridine rings is 1. The van der Waals surface area contributed by atoms with Crippen molar-refractivity contribution in [2.45, 2.75) is 61.4 Å². The van der Waals surface area contributed by atoms with Gasteiger partial charge in [-0.3, -0.25) is 4.79 Å². The number of benzene rings is 2. The summed E-state index contributed by atoms with van der Waals surface area (Å²) >= 11 is 0. The highest BCUT2D eigenvalue weighted by Crippen LogP contribution is 2.37. The lowest BCUT2D eigenvalue weighted by molar-refractivity contribution is 0.244. The number of hydrogen-bond donors (Lipinski definition) is 0. The summed E-state index contributed by atoms with van der Waals surface area (Å²) in [4.78, 5) is 12.3. The molecule has 176 valence electrons. The Morgan fingerprint density at radius 2 is 1.52 bits per heavy atom. The van der Waals surface area contributed by atoms with E-state index >= 15 is 0 Å². The van der Waals surface area contributed by atoms with E-state index in [4.69, 9.17) is 0 Å². The molecule has 1 aromatic heterocycles. The van der Waals surface area contributed by atoms with Crippen molar-refractivity contribution in [2.75, 3.05) is 0 Å². The molecule has 0 bridgehead atoms. The van der Waals surface area contributed by atoms with E-state index in [1.165, 1.54) is 12.0 Å². The van der Waals surface area contributed by atoms with Gasteiger partial charge in [0.25, 0.3) is 0 Å². The Morgan fingerprint density at radius 1 is 1.00 bits per heavy atom. The van der Waals surface area contributed by atoms with Crippen LogP contribution in [0.3, 0.4) is 0 Å². The molecule has 0 amide bonds. The van der Waals surface area contributed by atoms with Crippen LogP contribution in [0.1, 0.15) is 54.9 Å². The third-order valence-corrected chi connectivity index (χ3v) is 6.11. The molecular weight excluding hydrogens is 402 g/mol. The van der Waals surface area contributed by atoms with Gasteiger partial charge in [-0.25, -0.2) is 0 Å². The zero-order valence-electron chi connectivity index (χ0n) is 21.6. The maximum Gasteiger partial charge on any atom is 0.197 e. The minimum Gasteiger partial charge on any atom is -0.341 e. The lowest BCUT2D eigenvalue weighted by Gasteiger charge is -2.33. The van der Waals surface area contributed by atoms with Crippen molar-refractivity contribution in [1.82, 2.24) is 4.57 Å². The van der Waals surface area contributed by atoms with Crippen molar-refractivity contribution in [3.05, 3.63) is 95.2 Å². The first-order valence-corrected chi connectivity index (χ1v) is 12.1. The maximum atomic E-state index is 12.3. The van der Waals surface area contributed by atoms with Crippen LogP contribution in [0.25, 0.3) is 21.8 Å². The Bertz CT molecular complexity index is 1120. The Morgan fingerprint density at radius 3 is 1.91 bits per heavy atom. The van der Waals surface area contributed by atoms with Gasteiger partial charge in [-0.15, -0.1) is 0 Å². The van der Waals surface area contributed by atoms with Gasteiger partial charge < -0.3 is 4.57 Å².